The summed E-state index contributed by atoms with van der Waals surface area (Å²) in [6.07, 6.45) is 1.58. The van der Waals surface area contributed by atoms with Gasteiger partial charge in [-0.2, -0.15) is 0 Å². The Morgan fingerprint density at radius 1 is 1.54 bits per heavy atom. The Morgan fingerprint density at radius 2 is 2.38 bits per heavy atom. The van der Waals surface area contributed by atoms with E-state index in [2.05, 4.69) is 9.97 Å². The Hall–Kier alpha value is -0.690. The summed E-state index contributed by atoms with van der Waals surface area (Å²) < 4.78 is 0.609. The molecule has 0 fully saturated rings. The third-order valence-electron chi connectivity index (χ3n) is 1.51. The second-order valence-corrected chi connectivity index (χ2v) is 4.50. The zero-order chi connectivity index (χ0) is 9.26. The first-order chi connectivity index (χ1) is 6.27. The average molecular weight is 304 g/mol. The lowest BCUT2D eigenvalue weighted by atomic mass is 10.4. The van der Waals surface area contributed by atoms with Crippen LogP contribution in [0.5, 0.6) is 0 Å². The van der Waals surface area contributed by atoms with Gasteiger partial charge in [0.25, 0.3) is 5.56 Å². The van der Waals surface area contributed by atoms with Crippen molar-refractivity contribution in [3.63, 3.8) is 0 Å². The lowest BCUT2D eigenvalue weighted by Crippen LogP contribution is -2.10. The minimum Gasteiger partial charge on any atom is -0.305 e. The number of thiophene rings is 1. The first-order valence-electron chi connectivity index (χ1n) is 3.56. The zero-order valence-corrected chi connectivity index (χ0v) is 9.43. The molecule has 0 aromatic carbocycles. The lowest BCUT2D eigenvalue weighted by Gasteiger charge is -1.95. The van der Waals surface area contributed by atoms with Crippen molar-refractivity contribution in [2.45, 2.75) is 0 Å². The van der Waals surface area contributed by atoms with Crippen LogP contribution in [0.15, 0.2) is 28.5 Å². The number of halogens is 1. The fourth-order valence-corrected chi connectivity index (χ4v) is 1.87. The fourth-order valence-electron chi connectivity index (χ4n) is 0.918. The Morgan fingerprint density at radius 3 is 3.00 bits per heavy atom. The van der Waals surface area contributed by atoms with Crippen LogP contribution in [0.1, 0.15) is 0 Å². The standard InChI is InChI=1S/C8H5IN2OS/c9-5-4-10-7(11-8(5)12)6-2-1-3-13-6/h1-4H,(H,10,11,12). The Bertz CT molecular complexity index is 463. The van der Waals surface area contributed by atoms with Crippen LogP contribution in [0.4, 0.5) is 0 Å². The number of H-pyrrole nitrogens is 1. The van der Waals surface area contributed by atoms with E-state index in [-0.39, 0.29) is 5.56 Å². The molecule has 2 aromatic rings. The van der Waals surface area contributed by atoms with Crippen LogP contribution in [0.2, 0.25) is 0 Å². The molecule has 0 aliphatic rings. The van der Waals surface area contributed by atoms with E-state index in [0.29, 0.717) is 9.39 Å². The van der Waals surface area contributed by atoms with Crippen LogP contribution in [0.25, 0.3) is 10.7 Å². The topological polar surface area (TPSA) is 45.8 Å². The van der Waals surface area contributed by atoms with Gasteiger partial charge in [-0.1, -0.05) is 6.07 Å². The third kappa shape index (κ3) is 1.80. The molecule has 66 valence electrons. The van der Waals surface area contributed by atoms with E-state index in [0.717, 1.165) is 4.88 Å². The largest absolute Gasteiger partial charge is 0.305 e. The number of aromatic nitrogens is 2. The molecule has 0 saturated carbocycles. The molecule has 0 atom stereocenters. The van der Waals surface area contributed by atoms with Crippen molar-refractivity contribution >= 4 is 33.9 Å². The zero-order valence-electron chi connectivity index (χ0n) is 6.45. The molecule has 0 unspecified atom stereocenters. The Balaban J connectivity index is 2.55. The molecule has 0 saturated heterocycles. The van der Waals surface area contributed by atoms with E-state index in [9.17, 15) is 4.79 Å². The Labute approximate surface area is 92.0 Å². The summed E-state index contributed by atoms with van der Waals surface area (Å²) in [7, 11) is 0. The second-order valence-electron chi connectivity index (χ2n) is 2.39. The minimum atomic E-state index is -0.0843. The summed E-state index contributed by atoms with van der Waals surface area (Å²) in [5.41, 5.74) is -0.0843. The van der Waals surface area contributed by atoms with Gasteiger partial charge >= 0.3 is 0 Å². The smallest absolute Gasteiger partial charge is 0.264 e. The van der Waals surface area contributed by atoms with Crippen molar-refractivity contribution < 1.29 is 0 Å². The van der Waals surface area contributed by atoms with Crippen molar-refractivity contribution in [3.05, 3.63) is 37.6 Å². The maximum atomic E-state index is 11.2. The monoisotopic (exact) mass is 304 g/mol. The van der Waals surface area contributed by atoms with Gasteiger partial charge in [0.1, 0.15) is 5.82 Å². The summed E-state index contributed by atoms with van der Waals surface area (Å²) in [4.78, 5) is 19.1. The van der Waals surface area contributed by atoms with Crippen LogP contribution in [0, 0.1) is 3.57 Å². The molecular formula is C8H5IN2OS. The minimum absolute atomic E-state index is 0.0843. The highest BCUT2D eigenvalue weighted by atomic mass is 127. The quantitative estimate of drug-likeness (QED) is 0.820. The van der Waals surface area contributed by atoms with Gasteiger partial charge in [0.2, 0.25) is 0 Å². The summed E-state index contributed by atoms with van der Waals surface area (Å²) in [5, 5.41) is 1.95. The normalized spacial score (nSPS) is 10.2. The van der Waals surface area contributed by atoms with Gasteiger partial charge in [0.15, 0.2) is 0 Å². The fraction of sp³-hybridized carbons (Fsp3) is 0. The van der Waals surface area contributed by atoms with E-state index in [4.69, 9.17) is 0 Å². The third-order valence-corrected chi connectivity index (χ3v) is 3.16. The van der Waals surface area contributed by atoms with E-state index in [1.54, 1.807) is 17.5 Å². The molecule has 2 aromatic heterocycles. The first-order valence-corrected chi connectivity index (χ1v) is 5.52. The Kier molecular flexibility index (Phi) is 2.45. The predicted octanol–water partition coefficient (Wildman–Crippen LogP) is 2.10. The highest BCUT2D eigenvalue weighted by molar-refractivity contribution is 14.1. The number of rotatable bonds is 1. The summed E-state index contributed by atoms with van der Waals surface area (Å²) in [6, 6.07) is 3.85. The van der Waals surface area contributed by atoms with Crippen LogP contribution in [0.3, 0.4) is 0 Å². The predicted molar refractivity (Wildman–Crippen MR) is 60.9 cm³/mol. The van der Waals surface area contributed by atoms with Crippen molar-refractivity contribution in [1.82, 2.24) is 9.97 Å². The molecular weight excluding hydrogens is 299 g/mol. The highest BCUT2D eigenvalue weighted by Gasteiger charge is 2.02. The SMILES string of the molecule is O=c1[nH]c(-c2cccs2)ncc1I. The molecule has 3 nitrogen and oxygen atoms in total. The summed E-state index contributed by atoms with van der Waals surface area (Å²) in [5.74, 6) is 0.639. The molecule has 0 amide bonds. The highest BCUT2D eigenvalue weighted by Crippen LogP contribution is 2.19. The maximum absolute atomic E-state index is 11.2. The van der Waals surface area contributed by atoms with Gasteiger partial charge < -0.3 is 4.98 Å². The number of aromatic amines is 1. The van der Waals surface area contributed by atoms with E-state index < -0.39 is 0 Å². The van der Waals surface area contributed by atoms with Crippen molar-refractivity contribution in [3.8, 4) is 10.7 Å². The molecule has 0 bridgehead atoms. The summed E-state index contributed by atoms with van der Waals surface area (Å²) >= 11 is 3.51. The molecule has 1 N–H and O–H groups in total. The van der Waals surface area contributed by atoms with Crippen molar-refractivity contribution in [1.29, 1.82) is 0 Å². The van der Waals surface area contributed by atoms with Gasteiger partial charge in [-0.05, 0) is 34.0 Å². The van der Waals surface area contributed by atoms with Crippen LogP contribution in [-0.2, 0) is 0 Å². The van der Waals surface area contributed by atoms with Gasteiger partial charge in [0, 0.05) is 6.20 Å². The average Bonchev–Trinajstić information content (AvgIpc) is 2.62. The van der Waals surface area contributed by atoms with E-state index >= 15 is 0 Å². The van der Waals surface area contributed by atoms with E-state index in [1.165, 1.54) is 0 Å². The molecule has 2 rings (SSSR count). The number of nitrogens with one attached hydrogen (secondary N) is 1. The van der Waals surface area contributed by atoms with Gasteiger partial charge in [-0.3, -0.25) is 4.79 Å². The van der Waals surface area contributed by atoms with Crippen LogP contribution >= 0.6 is 33.9 Å². The molecule has 0 radical (unpaired) electrons. The van der Waals surface area contributed by atoms with Gasteiger partial charge in [-0.15, -0.1) is 11.3 Å². The van der Waals surface area contributed by atoms with Crippen molar-refractivity contribution in [2.24, 2.45) is 0 Å². The number of hydrogen-bond donors (Lipinski definition) is 1. The number of nitrogens with zero attached hydrogens (tertiary/aromatic N) is 1. The molecule has 13 heavy (non-hydrogen) atoms. The second kappa shape index (κ2) is 3.59. The molecule has 0 spiro atoms. The first kappa shape index (κ1) is 8.89. The summed E-state index contributed by atoms with van der Waals surface area (Å²) in [6.45, 7) is 0. The maximum Gasteiger partial charge on any atom is 0.264 e. The molecule has 5 heteroatoms. The van der Waals surface area contributed by atoms with Crippen molar-refractivity contribution in [2.75, 3.05) is 0 Å². The molecule has 2 heterocycles. The number of hydrogen-bond acceptors (Lipinski definition) is 3. The molecule has 0 aliphatic heterocycles. The molecule has 0 aliphatic carbocycles. The van der Waals surface area contributed by atoms with Gasteiger partial charge in [0.05, 0.1) is 8.45 Å². The van der Waals surface area contributed by atoms with Gasteiger partial charge in [-0.25, -0.2) is 4.98 Å². The van der Waals surface area contributed by atoms with Crippen LogP contribution < -0.4 is 5.56 Å². The van der Waals surface area contributed by atoms with E-state index in [1.807, 2.05) is 40.1 Å². The van der Waals surface area contributed by atoms with Crippen LogP contribution in [-0.4, -0.2) is 9.97 Å². The lowest BCUT2D eigenvalue weighted by molar-refractivity contribution is 1.11.